The minimum Gasteiger partial charge on any atom is -0.503 e. The third-order valence-electron chi connectivity index (χ3n) is 4.84. The van der Waals surface area contributed by atoms with Crippen LogP contribution in [-0.2, 0) is 4.79 Å². The number of rotatable bonds is 5. The minimum absolute atomic E-state index is 0.0719. The summed E-state index contributed by atoms with van der Waals surface area (Å²) >= 11 is 2.52. The fraction of sp³-hybridized carbons (Fsp3) is 0.238. The first-order chi connectivity index (χ1) is 13.9. The maximum absolute atomic E-state index is 13.2. The molecule has 2 aromatic heterocycles. The van der Waals surface area contributed by atoms with E-state index in [1.807, 2.05) is 24.3 Å². The van der Waals surface area contributed by atoms with Gasteiger partial charge >= 0.3 is 0 Å². The molecule has 1 amide bonds. The summed E-state index contributed by atoms with van der Waals surface area (Å²) in [5, 5.41) is 21.6. The maximum Gasteiger partial charge on any atom is 0.296 e. The normalized spacial score (nSPS) is 16.9. The number of aliphatic hydroxyl groups is 1. The van der Waals surface area contributed by atoms with E-state index in [9.17, 15) is 14.7 Å². The fourth-order valence-electron chi connectivity index (χ4n) is 3.34. The monoisotopic (exact) mass is 425 g/mol. The Bertz CT molecular complexity index is 1100. The van der Waals surface area contributed by atoms with E-state index in [0.29, 0.717) is 20.9 Å². The number of aromatic nitrogens is 2. The number of nitrogens with zero attached hydrogens (tertiary/aromatic N) is 3. The first-order valence-electron chi connectivity index (χ1n) is 9.13. The van der Waals surface area contributed by atoms with Crippen LogP contribution in [0.1, 0.15) is 51.6 Å². The molecule has 3 heterocycles. The number of benzene rings is 1. The number of aliphatic hydroxyl groups excluding tert-OH is 1. The highest BCUT2D eigenvalue weighted by atomic mass is 32.1. The molecule has 0 radical (unpaired) electrons. The van der Waals surface area contributed by atoms with Crippen LogP contribution in [-0.4, -0.2) is 27.0 Å². The molecule has 6 nitrogen and oxygen atoms in total. The van der Waals surface area contributed by atoms with Gasteiger partial charge in [-0.05, 0) is 35.4 Å². The second-order valence-electron chi connectivity index (χ2n) is 7.07. The van der Waals surface area contributed by atoms with Gasteiger partial charge < -0.3 is 5.11 Å². The lowest BCUT2D eigenvalue weighted by Gasteiger charge is -2.24. The Kier molecular flexibility index (Phi) is 5.06. The topological polar surface area (TPSA) is 83.4 Å². The number of thiophene rings is 1. The highest BCUT2D eigenvalue weighted by Gasteiger charge is 2.46. The average molecular weight is 426 g/mol. The van der Waals surface area contributed by atoms with Crippen molar-refractivity contribution in [2.45, 2.75) is 32.7 Å². The molecule has 0 unspecified atom stereocenters. The Morgan fingerprint density at radius 3 is 2.45 bits per heavy atom. The highest BCUT2D eigenvalue weighted by Crippen LogP contribution is 2.43. The van der Waals surface area contributed by atoms with Gasteiger partial charge in [-0.15, -0.1) is 21.5 Å². The molecule has 1 aliphatic rings. The SMILES string of the molecule is Cc1nnc(N2C(=O)C(O)=C(C(=O)c3cccs3)[C@@H]2c2ccc(C(C)C)cc2)s1. The molecule has 1 aromatic carbocycles. The van der Waals surface area contributed by atoms with Gasteiger partial charge in [-0.2, -0.15) is 0 Å². The van der Waals surface area contributed by atoms with E-state index in [2.05, 4.69) is 24.0 Å². The van der Waals surface area contributed by atoms with E-state index in [0.717, 1.165) is 11.1 Å². The van der Waals surface area contributed by atoms with Crippen LogP contribution < -0.4 is 4.90 Å². The molecule has 0 saturated heterocycles. The molecule has 0 aliphatic carbocycles. The lowest BCUT2D eigenvalue weighted by atomic mass is 9.93. The number of carbonyl (C=O) groups excluding carboxylic acids is 2. The van der Waals surface area contributed by atoms with Gasteiger partial charge in [0.05, 0.1) is 16.5 Å². The minimum atomic E-state index is -0.759. The molecule has 0 bridgehead atoms. The van der Waals surface area contributed by atoms with Gasteiger partial charge in [0.25, 0.3) is 5.91 Å². The third kappa shape index (κ3) is 3.38. The van der Waals surface area contributed by atoms with Crippen LogP contribution in [0.25, 0.3) is 0 Å². The van der Waals surface area contributed by atoms with E-state index in [-0.39, 0.29) is 11.4 Å². The summed E-state index contributed by atoms with van der Waals surface area (Å²) in [6, 6.07) is 10.5. The van der Waals surface area contributed by atoms with Gasteiger partial charge in [0.1, 0.15) is 5.01 Å². The standard InChI is InChI=1S/C21H19N3O3S2/c1-11(2)13-6-8-14(9-7-13)17-16(18(25)15-5-4-10-28-15)19(26)20(27)24(17)21-23-22-12(3)29-21/h4-11,17,26H,1-3H3/t17-/m0/s1. The van der Waals surface area contributed by atoms with Gasteiger partial charge in [-0.1, -0.05) is 55.5 Å². The number of carbonyl (C=O) groups is 2. The fourth-order valence-corrected chi connectivity index (χ4v) is 4.73. The maximum atomic E-state index is 13.2. The second kappa shape index (κ2) is 7.53. The Hall–Kier alpha value is -2.84. The van der Waals surface area contributed by atoms with Gasteiger partial charge in [-0.3, -0.25) is 14.5 Å². The van der Waals surface area contributed by atoms with E-state index >= 15 is 0 Å². The average Bonchev–Trinajstić information content (AvgIpc) is 3.43. The van der Waals surface area contributed by atoms with Crippen molar-refractivity contribution in [3.05, 3.63) is 74.1 Å². The quantitative estimate of drug-likeness (QED) is 0.593. The lowest BCUT2D eigenvalue weighted by Crippen LogP contribution is -2.31. The molecular formula is C21H19N3O3S2. The van der Waals surface area contributed by atoms with E-state index < -0.39 is 17.7 Å². The van der Waals surface area contributed by atoms with Crippen molar-refractivity contribution in [2.24, 2.45) is 0 Å². The summed E-state index contributed by atoms with van der Waals surface area (Å²) in [5.41, 5.74) is 1.96. The molecule has 148 valence electrons. The molecule has 0 saturated carbocycles. The van der Waals surface area contributed by atoms with E-state index in [1.54, 1.807) is 24.4 Å². The van der Waals surface area contributed by atoms with Crippen molar-refractivity contribution >= 4 is 39.5 Å². The summed E-state index contributed by atoms with van der Waals surface area (Å²) in [6.07, 6.45) is 0. The molecule has 0 fully saturated rings. The molecule has 3 aromatic rings. The summed E-state index contributed by atoms with van der Waals surface area (Å²) in [6.45, 7) is 5.99. The smallest absolute Gasteiger partial charge is 0.296 e. The van der Waals surface area contributed by atoms with Crippen LogP contribution >= 0.6 is 22.7 Å². The van der Waals surface area contributed by atoms with E-state index in [1.165, 1.54) is 27.6 Å². The summed E-state index contributed by atoms with van der Waals surface area (Å²) < 4.78 is 0. The Morgan fingerprint density at radius 2 is 1.90 bits per heavy atom. The Labute approximate surface area is 176 Å². The van der Waals surface area contributed by atoms with Crippen molar-refractivity contribution in [3.8, 4) is 0 Å². The number of aryl methyl sites for hydroxylation is 1. The zero-order chi connectivity index (χ0) is 20.7. The van der Waals surface area contributed by atoms with Crippen molar-refractivity contribution in [3.63, 3.8) is 0 Å². The zero-order valence-electron chi connectivity index (χ0n) is 16.1. The number of hydrogen-bond acceptors (Lipinski definition) is 7. The van der Waals surface area contributed by atoms with Crippen LogP contribution in [0, 0.1) is 6.92 Å². The number of anilines is 1. The summed E-state index contributed by atoms with van der Waals surface area (Å²) in [4.78, 5) is 28.0. The molecule has 4 rings (SSSR count). The van der Waals surface area contributed by atoms with Crippen LogP contribution in [0.2, 0.25) is 0 Å². The number of ketones is 1. The van der Waals surface area contributed by atoms with Crippen LogP contribution in [0.3, 0.4) is 0 Å². The highest BCUT2D eigenvalue weighted by molar-refractivity contribution is 7.15. The van der Waals surface area contributed by atoms with Crippen LogP contribution in [0.5, 0.6) is 0 Å². The molecule has 29 heavy (non-hydrogen) atoms. The number of Topliss-reactive ketones (excluding diaryl/α,β-unsaturated/α-hetero) is 1. The molecule has 0 spiro atoms. The molecule has 1 aliphatic heterocycles. The Balaban J connectivity index is 1.85. The van der Waals surface area contributed by atoms with E-state index in [4.69, 9.17) is 0 Å². The Morgan fingerprint density at radius 1 is 1.17 bits per heavy atom. The largest absolute Gasteiger partial charge is 0.503 e. The van der Waals surface area contributed by atoms with Gasteiger partial charge in [0.2, 0.25) is 10.9 Å². The third-order valence-corrected chi connectivity index (χ3v) is 6.54. The molecule has 1 atom stereocenters. The number of hydrogen-bond donors (Lipinski definition) is 1. The van der Waals surface area contributed by atoms with Crippen molar-refractivity contribution in [1.82, 2.24) is 10.2 Å². The van der Waals surface area contributed by atoms with Crippen molar-refractivity contribution in [1.29, 1.82) is 0 Å². The lowest BCUT2D eigenvalue weighted by molar-refractivity contribution is -0.117. The van der Waals surface area contributed by atoms with Gasteiger partial charge in [0.15, 0.2) is 5.76 Å². The van der Waals surface area contributed by atoms with Gasteiger partial charge in [-0.25, -0.2) is 0 Å². The van der Waals surface area contributed by atoms with Crippen LogP contribution in [0.15, 0.2) is 53.1 Å². The van der Waals surface area contributed by atoms with Gasteiger partial charge in [0, 0.05) is 0 Å². The molecule has 8 heteroatoms. The first kappa shape index (κ1) is 19.5. The second-order valence-corrected chi connectivity index (χ2v) is 9.18. The van der Waals surface area contributed by atoms with Crippen LogP contribution in [0.4, 0.5) is 5.13 Å². The van der Waals surface area contributed by atoms with Crippen molar-refractivity contribution in [2.75, 3.05) is 4.90 Å². The molecular weight excluding hydrogens is 406 g/mol. The predicted octanol–water partition coefficient (Wildman–Crippen LogP) is 4.81. The molecule has 1 N–H and O–H groups in total. The first-order valence-corrected chi connectivity index (χ1v) is 10.8. The zero-order valence-corrected chi connectivity index (χ0v) is 17.8. The number of amides is 1. The summed E-state index contributed by atoms with van der Waals surface area (Å²) in [7, 11) is 0. The summed E-state index contributed by atoms with van der Waals surface area (Å²) in [5.74, 6) is -1.17. The van der Waals surface area contributed by atoms with Crippen molar-refractivity contribution < 1.29 is 14.7 Å². The predicted molar refractivity (Wildman–Crippen MR) is 114 cm³/mol.